The molecule has 0 spiro atoms. The summed E-state index contributed by atoms with van der Waals surface area (Å²) in [6, 6.07) is 12.3. The second-order valence-electron chi connectivity index (χ2n) is 5.71. The number of hydrogen-bond donors (Lipinski definition) is 2. The lowest BCUT2D eigenvalue weighted by molar-refractivity contribution is -0.117. The first-order valence-corrected chi connectivity index (χ1v) is 8.06. The van der Waals surface area contributed by atoms with Crippen molar-refractivity contribution in [2.24, 2.45) is 0 Å². The summed E-state index contributed by atoms with van der Waals surface area (Å²) < 4.78 is 13.1. The molecule has 2 aromatic carbocycles. The van der Waals surface area contributed by atoms with Crippen molar-refractivity contribution >= 4 is 34.8 Å². The fourth-order valence-electron chi connectivity index (χ4n) is 2.40. The zero-order valence-corrected chi connectivity index (χ0v) is 14.6. The largest absolute Gasteiger partial charge is 0.326 e. The highest BCUT2D eigenvalue weighted by molar-refractivity contribution is 5.95. The van der Waals surface area contributed by atoms with E-state index in [1.54, 1.807) is 30.3 Å². The molecule has 7 heteroatoms. The number of carbonyl (C=O) groups excluding carboxylic acids is 3. The summed E-state index contributed by atoms with van der Waals surface area (Å²) in [5, 5.41) is 5.24. The van der Waals surface area contributed by atoms with E-state index in [0.717, 1.165) is 0 Å². The van der Waals surface area contributed by atoms with Gasteiger partial charge in [-0.05, 0) is 42.5 Å². The zero-order valence-electron chi connectivity index (χ0n) is 14.6. The van der Waals surface area contributed by atoms with E-state index in [0.29, 0.717) is 17.1 Å². The molecule has 3 amide bonds. The lowest BCUT2D eigenvalue weighted by Gasteiger charge is -2.21. The third kappa shape index (κ3) is 5.70. The predicted molar refractivity (Wildman–Crippen MR) is 98.4 cm³/mol. The molecule has 0 atom stereocenters. The Morgan fingerprint density at radius 3 is 2.23 bits per heavy atom. The third-order valence-electron chi connectivity index (χ3n) is 3.55. The molecule has 2 rings (SSSR count). The lowest BCUT2D eigenvalue weighted by atomic mass is 10.2. The predicted octanol–water partition coefficient (Wildman–Crippen LogP) is 3.17. The smallest absolute Gasteiger partial charge is 0.226 e. The number of benzene rings is 2. The molecular weight excluding hydrogens is 337 g/mol. The van der Waals surface area contributed by atoms with E-state index in [2.05, 4.69) is 10.6 Å². The Balaban J connectivity index is 1.98. The second-order valence-corrected chi connectivity index (χ2v) is 5.71. The van der Waals surface area contributed by atoms with Crippen LogP contribution in [0.5, 0.6) is 0 Å². The molecule has 136 valence electrons. The van der Waals surface area contributed by atoms with Crippen LogP contribution in [-0.4, -0.2) is 24.3 Å². The van der Waals surface area contributed by atoms with E-state index in [-0.39, 0.29) is 30.7 Å². The molecular formula is C19H20FN3O3. The van der Waals surface area contributed by atoms with Gasteiger partial charge in [0, 0.05) is 43.9 Å². The normalized spacial score (nSPS) is 10.1. The van der Waals surface area contributed by atoms with Gasteiger partial charge in [-0.2, -0.15) is 0 Å². The van der Waals surface area contributed by atoms with Gasteiger partial charge in [-0.15, -0.1) is 0 Å². The van der Waals surface area contributed by atoms with Crippen LogP contribution in [0.1, 0.15) is 20.3 Å². The Labute approximate surface area is 151 Å². The summed E-state index contributed by atoms with van der Waals surface area (Å²) >= 11 is 0. The van der Waals surface area contributed by atoms with Crippen molar-refractivity contribution in [3.8, 4) is 0 Å². The number of halogens is 1. The van der Waals surface area contributed by atoms with Crippen LogP contribution in [-0.2, 0) is 14.4 Å². The molecule has 0 bridgehead atoms. The zero-order chi connectivity index (χ0) is 19.1. The first-order valence-electron chi connectivity index (χ1n) is 8.06. The van der Waals surface area contributed by atoms with E-state index >= 15 is 0 Å². The van der Waals surface area contributed by atoms with E-state index in [1.165, 1.54) is 36.9 Å². The number of carbonyl (C=O) groups is 3. The highest BCUT2D eigenvalue weighted by Gasteiger charge is 2.14. The van der Waals surface area contributed by atoms with Gasteiger partial charge < -0.3 is 15.5 Å². The van der Waals surface area contributed by atoms with Crippen LogP contribution in [0.15, 0.2) is 48.5 Å². The first kappa shape index (κ1) is 19.1. The Kier molecular flexibility index (Phi) is 6.43. The standard InChI is InChI=1S/C19H20FN3O3/c1-13(24)21-16-6-8-18(9-7-16)23(14(2)25)11-10-19(26)22-17-5-3-4-15(20)12-17/h3-9,12H,10-11H2,1-2H3,(H,21,24)(H,22,26). The summed E-state index contributed by atoms with van der Waals surface area (Å²) in [6.45, 7) is 3.00. The number of nitrogens with zero attached hydrogens (tertiary/aromatic N) is 1. The summed E-state index contributed by atoms with van der Waals surface area (Å²) in [7, 11) is 0. The van der Waals surface area contributed by atoms with E-state index < -0.39 is 5.82 Å². The number of hydrogen-bond acceptors (Lipinski definition) is 3. The lowest BCUT2D eigenvalue weighted by Crippen LogP contribution is -2.31. The Hall–Kier alpha value is -3.22. The minimum Gasteiger partial charge on any atom is -0.326 e. The van der Waals surface area contributed by atoms with Gasteiger partial charge in [-0.1, -0.05) is 6.07 Å². The number of amides is 3. The van der Waals surface area contributed by atoms with Gasteiger partial charge in [-0.3, -0.25) is 14.4 Å². The van der Waals surface area contributed by atoms with Crippen LogP contribution in [0.25, 0.3) is 0 Å². The second kappa shape index (κ2) is 8.75. The molecule has 6 nitrogen and oxygen atoms in total. The van der Waals surface area contributed by atoms with Crippen molar-refractivity contribution < 1.29 is 18.8 Å². The highest BCUT2D eigenvalue weighted by atomic mass is 19.1. The number of rotatable bonds is 6. The van der Waals surface area contributed by atoms with Crippen molar-refractivity contribution in [2.75, 3.05) is 22.1 Å². The van der Waals surface area contributed by atoms with E-state index in [4.69, 9.17) is 0 Å². The molecule has 0 aromatic heterocycles. The molecule has 2 N–H and O–H groups in total. The average Bonchev–Trinajstić information content (AvgIpc) is 2.55. The monoisotopic (exact) mass is 357 g/mol. The molecule has 0 aliphatic rings. The maximum absolute atomic E-state index is 13.1. The Morgan fingerprint density at radius 2 is 1.65 bits per heavy atom. The topological polar surface area (TPSA) is 78.5 Å². The van der Waals surface area contributed by atoms with Crippen molar-refractivity contribution in [2.45, 2.75) is 20.3 Å². The molecule has 0 saturated carbocycles. The van der Waals surface area contributed by atoms with Crippen LogP contribution >= 0.6 is 0 Å². The maximum Gasteiger partial charge on any atom is 0.226 e. The van der Waals surface area contributed by atoms with Crippen LogP contribution in [0.3, 0.4) is 0 Å². The molecule has 0 aliphatic heterocycles. The van der Waals surface area contributed by atoms with Crippen LogP contribution in [0.4, 0.5) is 21.5 Å². The molecule has 0 radical (unpaired) electrons. The Morgan fingerprint density at radius 1 is 0.962 bits per heavy atom. The molecule has 0 heterocycles. The maximum atomic E-state index is 13.1. The quantitative estimate of drug-likeness (QED) is 0.833. The van der Waals surface area contributed by atoms with Gasteiger partial charge in [0.15, 0.2) is 0 Å². The van der Waals surface area contributed by atoms with Gasteiger partial charge in [0.2, 0.25) is 17.7 Å². The fourth-order valence-corrected chi connectivity index (χ4v) is 2.40. The van der Waals surface area contributed by atoms with Crippen molar-refractivity contribution in [1.29, 1.82) is 0 Å². The summed E-state index contributed by atoms with van der Waals surface area (Å²) in [5.74, 6) is -1.16. The number of nitrogens with one attached hydrogen (secondary N) is 2. The third-order valence-corrected chi connectivity index (χ3v) is 3.55. The SMILES string of the molecule is CC(=O)Nc1ccc(N(CCC(=O)Nc2cccc(F)c2)C(C)=O)cc1. The van der Waals surface area contributed by atoms with Crippen LogP contribution < -0.4 is 15.5 Å². The van der Waals surface area contributed by atoms with Gasteiger partial charge >= 0.3 is 0 Å². The Bertz CT molecular complexity index is 806. The fraction of sp³-hybridized carbons (Fsp3) is 0.211. The van der Waals surface area contributed by atoms with Crippen LogP contribution in [0, 0.1) is 5.82 Å². The summed E-state index contributed by atoms with van der Waals surface area (Å²) in [5.41, 5.74) is 1.60. The van der Waals surface area contributed by atoms with Crippen molar-refractivity contribution in [1.82, 2.24) is 0 Å². The average molecular weight is 357 g/mol. The molecule has 0 saturated heterocycles. The minimum absolute atomic E-state index is 0.0591. The molecule has 26 heavy (non-hydrogen) atoms. The molecule has 0 unspecified atom stereocenters. The van der Waals surface area contributed by atoms with Gasteiger partial charge in [0.05, 0.1) is 0 Å². The highest BCUT2D eigenvalue weighted by Crippen LogP contribution is 2.19. The van der Waals surface area contributed by atoms with Gasteiger partial charge in [0.1, 0.15) is 5.82 Å². The van der Waals surface area contributed by atoms with Crippen molar-refractivity contribution in [3.63, 3.8) is 0 Å². The van der Waals surface area contributed by atoms with E-state index in [9.17, 15) is 18.8 Å². The number of anilines is 3. The summed E-state index contributed by atoms with van der Waals surface area (Å²) in [4.78, 5) is 36.4. The van der Waals surface area contributed by atoms with Gasteiger partial charge in [0.25, 0.3) is 0 Å². The van der Waals surface area contributed by atoms with Crippen molar-refractivity contribution in [3.05, 3.63) is 54.3 Å². The molecule has 0 fully saturated rings. The van der Waals surface area contributed by atoms with Crippen LogP contribution in [0.2, 0.25) is 0 Å². The summed E-state index contributed by atoms with van der Waals surface area (Å²) in [6.07, 6.45) is 0.0591. The minimum atomic E-state index is -0.438. The van der Waals surface area contributed by atoms with Gasteiger partial charge in [-0.25, -0.2) is 4.39 Å². The first-order chi connectivity index (χ1) is 12.3. The molecule has 0 aliphatic carbocycles. The van der Waals surface area contributed by atoms with E-state index in [1.807, 2.05) is 0 Å². The molecule has 2 aromatic rings.